The molecule has 0 N–H and O–H groups in total. The third-order valence-corrected chi connectivity index (χ3v) is 2.75. The molecular formula is C14H7F5O. The summed E-state index contributed by atoms with van der Waals surface area (Å²) in [5.41, 5.74) is -2.33. The van der Waals surface area contributed by atoms with E-state index in [1.165, 1.54) is 6.92 Å². The van der Waals surface area contributed by atoms with Crippen molar-refractivity contribution in [3.8, 4) is 0 Å². The molecule has 0 saturated heterocycles. The Hall–Kier alpha value is -2.24. The Balaban J connectivity index is 2.67. The molecule has 0 fully saturated rings. The van der Waals surface area contributed by atoms with Crippen LogP contribution in [0, 0.1) is 36.0 Å². The largest absolute Gasteiger partial charge is 0.288 e. The summed E-state index contributed by atoms with van der Waals surface area (Å²) < 4.78 is 67.0. The Morgan fingerprint density at radius 2 is 1.40 bits per heavy atom. The van der Waals surface area contributed by atoms with Gasteiger partial charge in [-0.2, -0.15) is 0 Å². The predicted octanol–water partition coefficient (Wildman–Crippen LogP) is 3.92. The van der Waals surface area contributed by atoms with Crippen molar-refractivity contribution >= 4 is 5.78 Å². The first-order valence-corrected chi connectivity index (χ1v) is 5.46. The summed E-state index contributed by atoms with van der Waals surface area (Å²) in [7, 11) is 0. The highest BCUT2D eigenvalue weighted by Gasteiger charge is 2.26. The summed E-state index contributed by atoms with van der Waals surface area (Å²) in [5.74, 6) is -8.25. The van der Waals surface area contributed by atoms with Crippen LogP contribution in [0.2, 0.25) is 0 Å². The van der Waals surface area contributed by atoms with Crippen LogP contribution < -0.4 is 0 Å². The van der Waals surface area contributed by atoms with Gasteiger partial charge < -0.3 is 0 Å². The van der Waals surface area contributed by atoms with E-state index >= 15 is 0 Å². The van der Waals surface area contributed by atoms with Gasteiger partial charge in [-0.1, -0.05) is 6.07 Å². The van der Waals surface area contributed by atoms with Gasteiger partial charge in [-0.25, -0.2) is 22.0 Å². The SMILES string of the molecule is Cc1ccc(F)c(C(=O)c2c(F)cc(F)cc2F)c1F. The number of ketones is 1. The van der Waals surface area contributed by atoms with Crippen LogP contribution in [-0.2, 0) is 0 Å². The highest BCUT2D eigenvalue weighted by molar-refractivity contribution is 6.09. The quantitative estimate of drug-likeness (QED) is 0.604. The molecule has 2 aromatic carbocycles. The molecule has 0 aliphatic heterocycles. The Labute approximate surface area is 110 Å². The lowest BCUT2D eigenvalue weighted by Gasteiger charge is -2.08. The van der Waals surface area contributed by atoms with E-state index in [1.54, 1.807) is 0 Å². The van der Waals surface area contributed by atoms with E-state index in [-0.39, 0.29) is 17.7 Å². The molecule has 0 heterocycles. The molecule has 104 valence electrons. The lowest BCUT2D eigenvalue weighted by Crippen LogP contribution is -2.13. The molecule has 0 saturated carbocycles. The van der Waals surface area contributed by atoms with E-state index in [0.717, 1.165) is 12.1 Å². The van der Waals surface area contributed by atoms with E-state index in [0.29, 0.717) is 0 Å². The predicted molar refractivity (Wildman–Crippen MR) is 60.8 cm³/mol. The van der Waals surface area contributed by atoms with Crippen LogP contribution in [-0.4, -0.2) is 5.78 Å². The number of hydrogen-bond donors (Lipinski definition) is 0. The van der Waals surface area contributed by atoms with Crippen molar-refractivity contribution < 1.29 is 26.7 Å². The van der Waals surface area contributed by atoms with Gasteiger partial charge in [-0.15, -0.1) is 0 Å². The van der Waals surface area contributed by atoms with Crippen LogP contribution in [0.1, 0.15) is 21.5 Å². The Kier molecular flexibility index (Phi) is 3.57. The van der Waals surface area contributed by atoms with Crippen LogP contribution in [0.4, 0.5) is 22.0 Å². The highest BCUT2D eigenvalue weighted by atomic mass is 19.2. The van der Waals surface area contributed by atoms with Gasteiger partial charge in [0.1, 0.15) is 29.1 Å². The molecule has 0 aliphatic rings. The minimum absolute atomic E-state index is 0.0577. The molecule has 2 rings (SSSR count). The summed E-state index contributed by atoms with van der Waals surface area (Å²) in [6, 6.07) is 2.42. The zero-order valence-corrected chi connectivity index (χ0v) is 10.1. The van der Waals surface area contributed by atoms with Crippen molar-refractivity contribution in [2.75, 3.05) is 0 Å². The first kappa shape index (κ1) is 14.2. The average Bonchev–Trinajstić information content (AvgIpc) is 2.33. The molecule has 0 spiro atoms. The second-order valence-electron chi connectivity index (χ2n) is 4.13. The van der Waals surface area contributed by atoms with E-state index in [4.69, 9.17) is 0 Å². The molecule has 6 heteroatoms. The molecule has 1 nitrogen and oxygen atoms in total. The van der Waals surface area contributed by atoms with E-state index in [2.05, 4.69) is 0 Å². The third-order valence-electron chi connectivity index (χ3n) is 2.75. The number of aryl methyl sites for hydroxylation is 1. The first-order chi connectivity index (χ1) is 9.32. The maximum absolute atomic E-state index is 13.8. The molecule has 2 aromatic rings. The number of carbonyl (C=O) groups is 1. The van der Waals surface area contributed by atoms with Crippen molar-refractivity contribution in [1.29, 1.82) is 0 Å². The van der Waals surface area contributed by atoms with Crippen LogP contribution in [0.5, 0.6) is 0 Å². The number of halogens is 5. The highest BCUT2D eigenvalue weighted by Crippen LogP contribution is 2.23. The van der Waals surface area contributed by atoms with E-state index in [9.17, 15) is 26.7 Å². The average molecular weight is 286 g/mol. The van der Waals surface area contributed by atoms with E-state index < -0.39 is 46.0 Å². The van der Waals surface area contributed by atoms with Gasteiger partial charge in [-0.05, 0) is 18.6 Å². The molecule has 0 radical (unpaired) electrons. The molecule has 0 atom stereocenters. The zero-order valence-electron chi connectivity index (χ0n) is 10.1. The number of carbonyl (C=O) groups excluding carboxylic acids is 1. The second-order valence-corrected chi connectivity index (χ2v) is 4.13. The number of benzene rings is 2. The van der Waals surface area contributed by atoms with Gasteiger partial charge in [0.05, 0.1) is 11.1 Å². The number of rotatable bonds is 2. The maximum atomic E-state index is 13.8. The molecule has 20 heavy (non-hydrogen) atoms. The van der Waals surface area contributed by atoms with Gasteiger partial charge in [-0.3, -0.25) is 4.79 Å². The van der Waals surface area contributed by atoms with Crippen LogP contribution in [0.15, 0.2) is 24.3 Å². The van der Waals surface area contributed by atoms with Crippen molar-refractivity contribution in [2.24, 2.45) is 0 Å². The lowest BCUT2D eigenvalue weighted by atomic mass is 9.99. The Morgan fingerprint density at radius 3 is 1.95 bits per heavy atom. The fourth-order valence-corrected chi connectivity index (χ4v) is 1.75. The van der Waals surface area contributed by atoms with Crippen LogP contribution in [0.25, 0.3) is 0 Å². The van der Waals surface area contributed by atoms with Crippen LogP contribution in [0.3, 0.4) is 0 Å². The molecule has 0 bridgehead atoms. The summed E-state index contributed by atoms with van der Waals surface area (Å²) >= 11 is 0. The Bertz CT molecular complexity index is 686. The van der Waals surface area contributed by atoms with Crippen molar-refractivity contribution in [2.45, 2.75) is 6.92 Å². The minimum atomic E-state index is -1.52. The second kappa shape index (κ2) is 5.03. The van der Waals surface area contributed by atoms with Crippen LogP contribution >= 0.6 is 0 Å². The normalized spacial score (nSPS) is 10.7. The summed E-state index contributed by atoms with van der Waals surface area (Å²) in [6.07, 6.45) is 0. The van der Waals surface area contributed by atoms with Gasteiger partial charge >= 0.3 is 0 Å². The van der Waals surface area contributed by atoms with Gasteiger partial charge in [0.25, 0.3) is 0 Å². The zero-order chi connectivity index (χ0) is 15.0. The summed E-state index contributed by atoms with van der Waals surface area (Å²) in [4.78, 5) is 11.9. The molecule has 0 unspecified atom stereocenters. The van der Waals surface area contributed by atoms with Gasteiger partial charge in [0, 0.05) is 12.1 Å². The first-order valence-electron chi connectivity index (χ1n) is 5.46. The molecule has 0 aliphatic carbocycles. The fraction of sp³-hybridized carbons (Fsp3) is 0.0714. The Morgan fingerprint density at radius 1 is 0.850 bits per heavy atom. The summed E-state index contributed by atoms with van der Waals surface area (Å²) in [5, 5.41) is 0. The van der Waals surface area contributed by atoms with Gasteiger partial charge in [0.15, 0.2) is 0 Å². The van der Waals surface area contributed by atoms with E-state index in [1.807, 2.05) is 0 Å². The molecule has 0 amide bonds. The summed E-state index contributed by atoms with van der Waals surface area (Å²) in [6.45, 7) is 1.27. The van der Waals surface area contributed by atoms with Crippen molar-refractivity contribution in [3.05, 3.63) is 70.0 Å². The monoisotopic (exact) mass is 286 g/mol. The number of hydrogen-bond acceptors (Lipinski definition) is 1. The molecular weight excluding hydrogens is 279 g/mol. The topological polar surface area (TPSA) is 17.1 Å². The standard InChI is InChI=1S/C14H7F5O/c1-6-2-3-8(16)12(13(6)19)14(20)11-9(17)4-7(15)5-10(11)18/h2-5H,1H3. The van der Waals surface area contributed by atoms with Crippen molar-refractivity contribution in [3.63, 3.8) is 0 Å². The third kappa shape index (κ3) is 2.29. The van der Waals surface area contributed by atoms with Gasteiger partial charge in [0.2, 0.25) is 5.78 Å². The minimum Gasteiger partial charge on any atom is -0.288 e. The fourth-order valence-electron chi connectivity index (χ4n) is 1.75. The lowest BCUT2D eigenvalue weighted by molar-refractivity contribution is 0.102. The van der Waals surface area contributed by atoms with Crippen molar-refractivity contribution in [1.82, 2.24) is 0 Å². The maximum Gasteiger partial charge on any atom is 0.204 e. The molecule has 0 aromatic heterocycles. The smallest absolute Gasteiger partial charge is 0.204 e.